The van der Waals surface area contributed by atoms with E-state index in [1.807, 2.05) is 6.20 Å². The summed E-state index contributed by atoms with van der Waals surface area (Å²) < 4.78 is 1.04. The van der Waals surface area contributed by atoms with Gasteiger partial charge in [-0.25, -0.2) is 4.98 Å². The van der Waals surface area contributed by atoms with Gasteiger partial charge in [-0.15, -0.1) is 0 Å². The van der Waals surface area contributed by atoms with Crippen molar-refractivity contribution in [2.75, 3.05) is 32.5 Å². The zero-order valence-electron chi connectivity index (χ0n) is 11.7. The molecule has 0 fully saturated rings. The summed E-state index contributed by atoms with van der Waals surface area (Å²) >= 11 is 3.57. The molecular weight excluding hydrogens is 302 g/mol. The third-order valence-electron chi connectivity index (χ3n) is 3.16. The molecule has 0 amide bonds. The molecule has 2 aromatic rings. The number of likely N-dealkylation sites (N-methyl/N-ethyl adjacent to an activating group) is 1. The number of benzene rings is 1. The van der Waals surface area contributed by atoms with E-state index in [-0.39, 0.29) is 0 Å². The Balaban J connectivity index is 2.34. The number of aryl methyl sites for hydroxylation is 1. The fourth-order valence-corrected chi connectivity index (χ4v) is 2.46. The summed E-state index contributed by atoms with van der Waals surface area (Å²) in [6.45, 7) is 4.06. The minimum absolute atomic E-state index is 0.896. The number of rotatable bonds is 5. The second-order valence-corrected chi connectivity index (χ2v) is 5.77. The second kappa shape index (κ2) is 6.35. The summed E-state index contributed by atoms with van der Waals surface area (Å²) in [6.07, 6.45) is 2.91. The van der Waals surface area contributed by atoms with Crippen LogP contribution in [0.1, 0.15) is 12.5 Å². The van der Waals surface area contributed by atoms with Crippen LogP contribution in [-0.4, -0.2) is 37.1 Å². The molecule has 0 saturated heterocycles. The Bertz CT molecular complexity index is 567. The normalized spacial score (nSPS) is 11.2. The zero-order valence-corrected chi connectivity index (χ0v) is 13.3. The number of pyridine rings is 1. The van der Waals surface area contributed by atoms with E-state index in [1.54, 1.807) is 0 Å². The lowest BCUT2D eigenvalue weighted by Gasteiger charge is -2.13. The van der Waals surface area contributed by atoms with Crippen molar-refractivity contribution in [1.82, 2.24) is 9.88 Å². The lowest BCUT2D eigenvalue weighted by molar-refractivity contribution is 0.425. The van der Waals surface area contributed by atoms with Crippen LogP contribution in [0, 0.1) is 0 Å². The number of anilines is 1. The highest BCUT2D eigenvalue weighted by atomic mass is 79.9. The first kappa shape index (κ1) is 14.3. The van der Waals surface area contributed by atoms with Gasteiger partial charge in [0.2, 0.25) is 0 Å². The zero-order chi connectivity index (χ0) is 13.8. The molecule has 0 spiro atoms. The predicted octanol–water partition coefficient (Wildman–Crippen LogP) is 3.53. The smallest absolute Gasteiger partial charge is 0.133 e. The van der Waals surface area contributed by atoms with E-state index >= 15 is 0 Å². The third-order valence-corrected chi connectivity index (χ3v) is 3.80. The Morgan fingerprint density at radius 2 is 2.05 bits per heavy atom. The van der Waals surface area contributed by atoms with E-state index in [1.165, 1.54) is 16.3 Å². The van der Waals surface area contributed by atoms with Crippen molar-refractivity contribution in [2.45, 2.75) is 13.3 Å². The summed E-state index contributed by atoms with van der Waals surface area (Å²) in [4.78, 5) is 6.66. The summed E-state index contributed by atoms with van der Waals surface area (Å²) in [5, 5.41) is 5.82. The first-order valence-electron chi connectivity index (χ1n) is 6.57. The molecule has 1 aromatic heterocycles. The van der Waals surface area contributed by atoms with Gasteiger partial charge in [0.15, 0.2) is 0 Å². The molecule has 3 nitrogen and oxygen atoms in total. The van der Waals surface area contributed by atoms with Gasteiger partial charge in [-0.1, -0.05) is 19.1 Å². The topological polar surface area (TPSA) is 28.2 Å². The fourth-order valence-electron chi connectivity index (χ4n) is 2.01. The Morgan fingerprint density at radius 1 is 1.26 bits per heavy atom. The van der Waals surface area contributed by atoms with E-state index in [2.05, 4.69) is 70.3 Å². The minimum atomic E-state index is 0.896. The summed E-state index contributed by atoms with van der Waals surface area (Å²) in [7, 11) is 4.15. The minimum Gasteiger partial charge on any atom is -0.368 e. The van der Waals surface area contributed by atoms with Crippen LogP contribution in [0.4, 0.5) is 5.82 Å². The average molecular weight is 322 g/mol. The van der Waals surface area contributed by atoms with E-state index in [0.717, 1.165) is 29.8 Å². The van der Waals surface area contributed by atoms with E-state index in [0.29, 0.717) is 0 Å². The Kier molecular flexibility index (Phi) is 4.77. The van der Waals surface area contributed by atoms with Crippen LogP contribution in [0.2, 0.25) is 0 Å². The van der Waals surface area contributed by atoms with E-state index < -0.39 is 0 Å². The van der Waals surface area contributed by atoms with Crippen molar-refractivity contribution in [3.05, 3.63) is 34.4 Å². The van der Waals surface area contributed by atoms with Gasteiger partial charge in [-0.2, -0.15) is 0 Å². The number of hydrogen-bond acceptors (Lipinski definition) is 3. The first-order valence-corrected chi connectivity index (χ1v) is 7.37. The van der Waals surface area contributed by atoms with Crippen LogP contribution < -0.4 is 5.32 Å². The highest BCUT2D eigenvalue weighted by molar-refractivity contribution is 9.10. The molecule has 2 rings (SSSR count). The number of halogens is 1. The molecular formula is C15H20BrN3. The van der Waals surface area contributed by atoms with Crippen LogP contribution in [0.3, 0.4) is 0 Å². The van der Waals surface area contributed by atoms with Gasteiger partial charge in [-0.3, -0.25) is 0 Å². The van der Waals surface area contributed by atoms with Crippen LogP contribution in [-0.2, 0) is 6.42 Å². The maximum atomic E-state index is 4.50. The van der Waals surface area contributed by atoms with Crippen molar-refractivity contribution in [1.29, 1.82) is 0 Å². The summed E-state index contributed by atoms with van der Waals surface area (Å²) in [6, 6.07) is 6.57. The van der Waals surface area contributed by atoms with E-state index in [9.17, 15) is 0 Å². The maximum absolute atomic E-state index is 4.50. The van der Waals surface area contributed by atoms with Crippen molar-refractivity contribution in [3.8, 4) is 0 Å². The molecule has 0 aliphatic carbocycles. The molecule has 1 aromatic carbocycles. The second-order valence-electron chi connectivity index (χ2n) is 4.92. The quantitative estimate of drug-likeness (QED) is 0.913. The SMILES string of the molecule is CCc1ccc2c(Br)cnc(NCCN(C)C)c2c1. The summed E-state index contributed by atoms with van der Waals surface area (Å²) in [5.41, 5.74) is 1.34. The number of aromatic nitrogens is 1. The molecule has 19 heavy (non-hydrogen) atoms. The summed E-state index contributed by atoms with van der Waals surface area (Å²) in [5.74, 6) is 0.968. The van der Waals surface area contributed by atoms with Crippen molar-refractivity contribution in [3.63, 3.8) is 0 Å². The van der Waals surface area contributed by atoms with Crippen LogP contribution in [0.25, 0.3) is 10.8 Å². The van der Waals surface area contributed by atoms with Gasteiger partial charge in [0.05, 0.1) is 0 Å². The monoisotopic (exact) mass is 321 g/mol. The highest BCUT2D eigenvalue weighted by Gasteiger charge is 2.06. The van der Waals surface area contributed by atoms with Crippen LogP contribution >= 0.6 is 15.9 Å². The fraction of sp³-hybridized carbons (Fsp3) is 0.400. The first-order chi connectivity index (χ1) is 9.11. The van der Waals surface area contributed by atoms with E-state index in [4.69, 9.17) is 0 Å². The highest BCUT2D eigenvalue weighted by Crippen LogP contribution is 2.29. The van der Waals surface area contributed by atoms with Gasteiger partial charge in [0, 0.05) is 34.5 Å². The lowest BCUT2D eigenvalue weighted by atomic mass is 10.1. The van der Waals surface area contributed by atoms with Gasteiger partial charge >= 0.3 is 0 Å². The molecule has 0 aliphatic heterocycles. The van der Waals surface area contributed by atoms with Gasteiger partial charge in [0.25, 0.3) is 0 Å². The molecule has 1 heterocycles. The molecule has 4 heteroatoms. The molecule has 102 valence electrons. The molecule has 0 saturated carbocycles. The van der Waals surface area contributed by atoms with Gasteiger partial charge < -0.3 is 10.2 Å². The molecule has 0 atom stereocenters. The van der Waals surface area contributed by atoms with Crippen LogP contribution in [0.5, 0.6) is 0 Å². The predicted molar refractivity (Wildman–Crippen MR) is 85.9 cm³/mol. The Morgan fingerprint density at radius 3 is 2.74 bits per heavy atom. The number of nitrogens with one attached hydrogen (secondary N) is 1. The number of nitrogens with zero attached hydrogens (tertiary/aromatic N) is 2. The number of hydrogen-bond donors (Lipinski definition) is 1. The molecule has 0 bridgehead atoms. The lowest BCUT2D eigenvalue weighted by Crippen LogP contribution is -2.21. The number of fused-ring (bicyclic) bond motifs is 1. The molecule has 0 unspecified atom stereocenters. The van der Waals surface area contributed by atoms with Crippen molar-refractivity contribution < 1.29 is 0 Å². The molecule has 1 N–H and O–H groups in total. The maximum Gasteiger partial charge on any atom is 0.133 e. The third kappa shape index (κ3) is 3.45. The Hall–Kier alpha value is -1.13. The average Bonchev–Trinajstić information content (AvgIpc) is 2.40. The largest absolute Gasteiger partial charge is 0.368 e. The van der Waals surface area contributed by atoms with Gasteiger partial charge in [-0.05, 0) is 48.1 Å². The van der Waals surface area contributed by atoms with Gasteiger partial charge in [0.1, 0.15) is 5.82 Å². The standard InChI is InChI=1S/C15H20BrN3/c1-4-11-5-6-12-13(9-11)15(18-10-14(12)16)17-7-8-19(2)3/h5-6,9-10H,4,7-8H2,1-3H3,(H,17,18). The van der Waals surface area contributed by atoms with Crippen molar-refractivity contribution >= 4 is 32.5 Å². The van der Waals surface area contributed by atoms with Crippen molar-refractivity contribution in [2.24, 2.45) is 0 Å². The molecule has 0 radical (unpaired) electrons. The van der Waals surface area contributed by atoms with Crippen LogP contribution in [0.15, 0.2) is 28.9 Å². The molecule has 0 aliphatic rings. The Labute approximate surface area is 123 Å².